The minimum absolute atomic E-state index is 0. The molecule has 1 fully saturated rings. The number of anilines is 1. The first-order chi connectivity index (χ1) is 16.9. The number of unbranched alkanes of at least 4 members (excludes halogenated alkanes) is 1. The van der Waals surface area contributed by atoms with E-state index in [1.165, 1.54) is 12.1 Å². The number of carbonyl (C=O) groups is 2. The first-order valence-electron chi connectivity index (χ1n) is 11.6. The number of amides is 1. The molecule has 1 saturated heterocycles. The Bertz CT molecular complexity index is 1220. The average molecular weight is 553 g/mol. The minimum atomic E-state index is -1.02. The third kappa shape index (κ3) is 6.73. The van der Waals surface area contributed by atoms with Crippen molar-refractivity contribution in [1.82, 2.24) is 10.2 Å². The van der Waals surface area contributed by atoms with Crippen LogP contribution in [0.3, 0.4) is 0 Å². The lowest BCUT2D eigenvalue weighted by Gasteiger charge is -2.36. The SMILES string of the molecule is Cl.O=C(NCCCCN1CCN(c2cccc(Cl)c2Cl)CC1)Oc1ccc(C(=O)O)c2ccccc12. The van der Waals surface area contributed by atoms with Crippen LogP contribution < -0.4 is 15.0 Å². The van der Waals surface area contributed by atoms with Crippen LogP contribution >= 0.6 is 35.6 Å². The quantitative estimate of drug-likeness (QED) is 0.336. The van der Waals surface area contributed by atoms with Crippen molar-refractivity contribution in [1.29, 1.82) is 0 Å². The zero-order chi connectivity index (χ0) is 24.8. The van der Waals surface area contributed by atoms with Crippen LogP contribution in [0.5, 0.6) is 5.75 Å². The summed E-state index contributed by atoms with van der Waals surface area (Å²) in [5.41, 5.74) is 1.15. The van der Waals surface area contributed by atoms with Gasteiger partial charge in [-0.15, -0.1) is 12.4 Å². The van der Waals surface area contributed by atoms with E-state index in [0.29, 0.717) is 33.1 Å². The number of rotatable bonds is 8. The van der Waals surface area contributed by atoms with Gasteiger partial charge < -0.3 is 20.1 Å². The highest BCUT2D eigenvalue weighted by molar-refractivity contribution is 6.43. The molecule has 7 nitrogen and oxygen atoms in total. The van der Waals surface area contributed by atoms with Crippen LogP contribution in [-0.4, -0.2) is 61.3 Å². The van der Waals surface area contributed by atoms with Crippen LogP contribution in [0.15, 0.2) is 54.6 Å². The molecule has 36 heavy (non-hydrogen) atoms. The highest BCUT2D eigenvalue weighted by atomic mass is 35.5. The molecular weight excluding hydrogens is 525 g/mol. The highest BCUT2D eigenvalue weighted by Crippen LogP contribution is 2.33. The Hall–Kier alpha value is -2.71. The summed E-state index contributed by atoms with van der Waals surface area (Å²) in [5.74, 6) is -0.687. The molecule has 4 rings (SSSR count). The van der Waals surface area contributed by atoms with Gasteiger partial charge in [0, 0.05) is 38.1 Å². The van der Waals surface area contributed by atoms with Crippen molar-refractivity contribution < 1.29 is 19.4 Å². The van der Waals surface area contributed by atoms with Gasteiger partial charge in [-0.2, -0.15) is 0 Å². The summed E-state index contributed by atoms with van der Waals surface area (Å²) >= 11 is 12.5. The van der Waals surface area contributed by atoms with Gasteiger partial charge in [-0.25, -0.2) is 9.59 Å². The van der Waals surface area contributed by atoms with E-state index < -0.39 is 12.1 Å². The van der Waals surface area contributed by atoms with Crippen LogP contribution in [-0.2, 0) is 0 Å². The van der Waals surface area contributed by atoms with Gasteiger partial charge in [0.05, 0.1) is 21.3 Å². The Morgan fingerprint density at radius 3 is 2.36 bits per heavy atom. The fourth-order valence-electron chi connectivity index (χ4n) is 4.28. The normalized spacial score (nSPS) is 13.8. The number of aromatic carboxylic acids is 1. The molecular formula is C26H28Cl3N3O4. The number of halogens is 3. The van der Waals surface area contributed by atoms with Crippen molar-refractivity contribution in [2.24, 2.45) is 0 Å². The third-order valence-electron chi connectivity index (χ3n) is 6.13. The number of hydrogen-bond acceptors (Lipinski definition) is 5. The Morgan fingerprint density at radius 2 is 1.64 bits per heavy atom. The number of piperazine rings is 1. The first kappa shape index (κ1) is 27.9. The van der Waals surface area contributed by atoms with Crippen LogP contribution in [0, 0.1) is 0 Å². The molecule has 0 unspecified atom stereocenters. The van der Waals surface area contributed by atoms with Crippen molar-refractivity contribution in [3.8, 4) is 5.75 Å². The molecule has 192 valence electrons. The molecule has 0 bridgehead atoms. The molecule has 3 aromatic carbocycles. The number of nitrogens with zero attached hydrogens (tertiary/aromatic N) is 2. The summed E-state index contributed by atoms with van der Waals surface area (Å²) in [6.45, 7) is 5.12. The minimum Gasteiger partial charge on any atom is -0.478 e. The second-order valence-electron chi connectivity index (χ2n) is 8.39. The molecule has 1 amide bonds. The molecule has 1 heterocycles. The zero-order valence-corrected chi connectivity index (χ0v) is 21.9. The number of hydrogen-bond donors (Lipinski definition) is 2. The van der Waals surface area contributed by atoms with Crippen molar-refractivity contribution in [3.63, 3.8) is 0 Å². The maximum atomic E-state index is 12.3. The molecule has 0 saturated carbocycles. The van der Waals surface area contributed by atoms with Gasteiger partial charge in [0.25, 0.3) is 0 Å². The standard InChI is InChI=1S/C26H27Cl2N3O4.ClH/c27-21-8-5-9-22(24(21)28)31-16-14-30(15-17-31)13-4-3-12-29-26(34)35-23-11-10-20(25(32)33)18-6-1-2-7-19(18)23;/h1-2,5-11H,3-4,12-17H2,(H,29,34)(H,32,33);1H. The summed E-state index contributed by atoms with van der Waals surface area (Å²) in [7, 11) is 0. The van der Waals surface area contributed by atoms with E-state index in [4.69, 9.17) is 27.9 Å². The molecule has 0 spiro atoms. The molecule has 3 aromatic rings. The molecule has 0 radical (unpaired) electrons. The molecule has 0 aromatic heterocycles. The van der Waals surface area contributed by atoms with E-state index in [9.17, 15) is 14.7 Å². The fourth-order valence-corrected chi connectivity index (χ4v) is 4.70. The van der Waals surface area contributed by atoms with E-state index in [0.717, 1.165) is 51.3 Å². The van der Waals surface area contributed by atoms with Crippen LogP contribution in [0.4, 0.5) is 10.5 Å². The average Bonchev–Trinajstić information content (AvgIpc) is 2.86. The monoisotopic (exact) mass is 551 g/mol. The number of carboxylic acids is 1. The first-order valence-corrected chi connectivity index (χ1v) is 12.3. The second kappa shape index (κ2) is 13.0. The van der Waals surface area contributed by atoms with Gasteiger partial charge in [0.1, 0.15) is 5.75 Å². The largest absolute Gasteiger partial charge is 0.478 e. The number of ether oxygens (including phenoxy) is 1. The van der Waals surface area contributed by atoms with Crippen LogP contribution in [0.1, 0.15) is 23.2 Å². The lowest BCUT2D eigenvalue weighted by molar-refractivity contribution is 0.0699. The molecule has 1 aliphatic heterocycles. The summed E-state index contributed by atoms with van der Waals surface area (Å²) in [5, 5.41) is 14.4. The summed E-state index contributed by atoms with van der Waals surface area (Å²) in [6.07, 6.45) is 1.23. The maximum absolute atomic E-state index is 12.3. The van der Waals surface area contributed by atoms with Crippen molar-refractivity contribution >= 4 is 64.1 Å². The highest BCUT2D eigenvalue weighted by Gasteiger charge is 2.19. The lowest BCUT2D eigenvalue weighted by Crippen LogP contribution is -2.46. The van der Waals surface area contributed by atoms with Gasteiger partial charge in [0.2, 0.25) is 0 Å². The molecule has 1 aliphatic rings. The predicted molar refractivity (Wildman–Crippen MR) is 147 cm³/mol. The topological polar surface area (TPSA) is 82.1 Å². The Morgan fingerprint density at radius 1 is 0.917 bits per heavy atom. The second-order valence-corrected chi connectivity index (χ2v) is 9.17. The summed E-state index contributed by atoms with van der Waals surface area (Å²) in [4.78, 5) is 28.4. The fraction of sp³-hybridized carbons (Fsp3) is 0.308. The molecule has 0 aliphatic carbocycles. The molecule has 2 N–H and O–H groups in total. The van der Waals surface area contributed by atoms with E-state index in [-0.39, 0.29) is 18.0 Å². The van der Waals surface area contributed by atoms with Gasteiger partial charge >= 0.3 is 12.1 Å². The van der Waals surface area contributed by atoms with Crippen molar-refractivity contribution in [2.45, 2.75) is 12.8 Å². The maximum Gasteiger partial charge on any atom is 0.412 e. The Labute approximate surface area is 226 Å². The van der Waals surface area contributed by atoms with Gasteiger partial charge in [-0.1, -0.05) is 53.5 Å². The molecule has 0 atom stereocenters. The Balaban J connectivity index is 0.00000361. The zero-order valence-electron chi connectivity index (χ0n) is 19.6. The van der Waals surface area contributed by atoms with Crippen molar-refractivity contribution in [2.75, 3.05) is 44.2 Å². The predicted octanol–water partition coefficient (Wildman–Crippen LogP) is 5.96. The van der Waals surface area contributed by atoms with Gasteiger partial charge in [0.15, 0.2) is 0 Å². The van der Waals surface area contributed by atoms with E-state index in [2.05, 4.69) is 15.1 Å². The van der Waals surface area contributed by atoms with Gasteiger partial charge in [-0.3, -0.25) is 4.90 Å². The van der Waals surface area contributed by atoms with E-state index >= 15 is 0 Å². The van der Waals surface area contributed by atoms with E-state index in [1.807, 2.05) is 12.1 Å². The number of carbonyl (C=O) groups excluding carboxylic acids is 1. The van der Waals surface area contributed by atoms with Gasteiger partial charge in [-0.05, 0) is 49.0 Å². The van der Waals surface area contributed by atoms with E-state index in [1.54, 1.807) is 30.3 Å². The number of nitrogens with one attached hydrogen (secondary N) is 1. The lowest BCUT2D eigenvalue weighted by atomic mass is 10.0. The van der Waals surface area contributed by atoms with Crippen molar-refractivity contribution in [3.05, 3.63) is 70.2 Å². The number of benzene rings is 3. The Kier molecular flexibility index (Phi) is 10.1. The number of carboxylic acid groups (broad SMARTS) is 1. The summed E-state index contributed by atoms with van der Waals surface area (Å²) < 4.78 is 5.45. The smallest absolute Gasteiger partial charge is 0.412 e. The van der Waals surface area contributed by atoms with Crippen LogP contribution in [0.2, 0.25) is 10.0 Å². The third-order valence-corrected chi connectivity index (χ3v) is 6.94. The molecule has 10 heteroatoms. The van der Waals surface area contributed by atoms with Crippen LogP contribution in [0.25, 0.3) is 10.8 Å². The number of fused-ring (bicyclic) bond motifs is 1. The summed E-state index contributed by atoms with van der Waals surface area (Å²) in [6, 6.07) is 15.7.